The van der Waals surface area contributed by atoms with Crippen LogP contribution in [0.4, 0.5) is 0 Å². The molecule has 1 N–H and O–H groups in total. The molecule has 1 unspecified atom stereocenters. The van der Waals surface area contributed by atoms with E-state index in [4.69, 9.17) is 0 Å². The second kappa shape index (κ2) is 8.60. The van der Waals surface area contributed by atoms with E-state index in [1.807, 2.05) is 0 Å². The number of hydrogen-bond donors (Lipinski definition) is 1. The van der Waals surface area contributed by atoms with Crippen LogP contribution in [-0.4, -0.2) is 25.1 Å². The molecule has 0 aromatic heterocycles. The Morgan fingerprint density at radius 2 is 1.89 bits per heavy atom. The molecule has 0 aliphatic carbocycles. The standard InChI is InChI=1S/C16H27NS/c1-4-16(14-17-3,12-9-13-18-5-2)15-10-7-6-8-11-15/h6-8,10-11,17H,4-5,9,12-14H2,1-3H3. The van der Waals surface area contributed by atoms with Gasteiger partial charge in [0, 0.05) is 12.0 Å². The first-order valence-corrected chi connectivity index (χ1v) is 8.22. The van der Waals surface area contributed by atoms with Crippen molar-refractivity contribution in [3.63, 3.8) is 0 Å². The third-order valence-electron chi connectivity index (χ3n) is 3.73. The lowest BCUT2D eigenvalue weighted by Gasteiger charge is -2.33. The van der Waals surface area contributed by atoms with Crippen LogP contribution in [-0.2, 0) is 5.41 Å². The van der Waals surface area contributed by atoms with Gasteiger partial charge in [-0.2, -0.15) is 11.8 Å². The zero-order valence-corrected chi connectivity index (χ0v) is 12.9. The van der Waals surface area contributed by atoms with Gasteiger partial charge in [-0.15, -0.1) is 0 Å². The highest BCUT2D eigenvalue weighted by Gasteiger charge is 2.28. The number of hydrogen-bond acceptors (Lipinski definition) is 2. The maximum Gasteiger partial charge on any atom is 0.00753 e. The zero-order valence-electron chi connectivity index (χ0n) is 12.0. The first-order chi connectivity index (χ1) is 8.79. The van der Waals surface area contributed by atoms with Crippen molar-refractivity contribution >= 4 is 11.8 Å². The van der Waals surface area contributed by atoms with E-state index in [9.17, 15) is 0 Å². The Morgan fingerprint density at radius 3 is 2.44 bits per heavy atom. The lowest BCUT2D eigenvalue weighted by molar-refractivity contribution is 0.363. The molecule has 0 bridgehead atoms. The van der Waals surface area contributed by atoms with E-state index in [-0.39, 0.29) is 0 Å². The van der Waals surface area contributed by atoms with Crippen molar-refractivity contribution in [3.05, 3.63) is 35.9 Å². The highest BCUT2D eigenvalue weighted by Crippen LogP contribution is 2.32. The average molecular weight is 265 g/mol. The summed E-state index contributed by atoms with van der Waals surface area (Å²) in [5, 5.41) is 3.39. The number of nitrogens with one attached hydrogen (secondary N) is 1. The van der Waals surface area contributed by atoms with Gasteiger partial charge in [0.05, 0.1) is 0 Å². The maximum absolute atomic E-state index is 3.39. The summed E-state index contributed by atoms with van der Waals surface area (Å²) in [6, 6.07) is 11.0. The largest absolute Gasteiger partial charge is 0.319 e. The van der Waals surface area contributed by atoms with Crippen molar-refractivity contribution in [2.45, 2.75) is 38.5 Å². The summed E-state index contributed by atoms with van der Waals surface area (Å²) in [5.74, 6) is 2.52. The molecule has 0 saturated carbocycles. The van der Waals surface area contributed by atoms with E-state index in [0.717, 1.165) is 6.54 Å². The molecule has 1 nitrogen and oxygen atoms in total. The van der Waals surface area contributed by atoms with Gasteiger partial charge in [0.15, 0.2) is 0 Å². The van der Waals surface area contributed by atoms with Crippen LogP contribution < -0.4 is 5.32 Å². The average Bonchev–Trinajstić information content (AvgIpc) is 2.43. The fourth-order valence-electron chi connectivity index (χ4n) is 2.63. The fourth-order valence-corrected chi connectivity index (χ4v) is 3.26. The molecule has 2 heteroatoms. The highest BCUT2D eigenvalue weighted by atomic mass is 32.2. The third-order valence-corrected chi connectivity index (χ3v) is 4.71. The Balaban J connectivity index is 2.74. The summed E-state index contributed by atoms with van der Waals surface area (Å²) in [5.41, 5.74) is 1.80. The van der Waals surface area contributed by atoms with Gasteiger partial charge in [-0.1, -0.05) is 44.2 Å². The van der Waals surface area contributed by atoms with Crippen LogP contribution in [0.25, 0.3) is 0 Å². The molecule has 0 heterocycles. The molecule has 0 aliphatic heterocycles. The van der Waals surface area contributed by atoms with E-state index < -0.39 is 0 Å². The summed E-state index contributed by atoms with van der Waals surface area (Å²) in [7, 11) is 2.06. The normalized spacial score (nSPS) is 14.4. The summed E-state index contributed by atoms with van der Waals surface area (Å²) >= 11 is 2.05. The minimum absolute atomic E-state index is 0.310. The van der Waals surface area contributed by atoms with E-state index in [2.05, 4.69) is 68.3 Å². The summed E-state index contributed by atoms with van der Waals surface area (Å²) in [6.45, 7) is 5.63. The van der Waals surface area contributed by atoms with Crippen molar-refractivity contribution in [2.75, 3.05) is 25.1 Å². The van der Waals surface area contributed by atoms with Crippen LogP contribution in [0.5, 0.6) is 0 Å². The molecule has 0 saturated heterocycles. The highest BCUT2D eigenvalue weighted by molar-refractivity contribution is 7.99. The van der Waals surface area contributed by atoms with Crippen molar-refractivity contribution in [2.24, 2.45) is 0 Å². The van der Waals surface area contributed by atoms with Crippen LogP contribution >= 0.6 is 11.8 Å². The van der Waals surface area contributed by atoms with Gasteiger partial charge in [0.25, 0.3) is 0 Å². The van der Waals surface area contributed by atoms with Gasteiger partial charge in [0.2, 0.25) is 0 Å². The van der Waals surface area contributed by atoms with E-state index in [1.54, 1.807) is 0 Å². The van der Waals surface area contributed by atoms with Crippen molar-refractivity contribution < 1.29 is 0 Å². The van der Waals surface area contributed by atoms with Crippen LogP contribution in [0.15, 0.2) is 30.3 Å². The molecule has 0 amide bonds. The van der Waals surface area contributed by atoms with Gasteiger partial charge < -0.3 is 5.32 Å². The van der Waals surface area contributed by atoms with Crippen LogP contribution in [0.2, 0.25) is 0 Å². The molecule has 1 aromatic rings. The Labute approximate surface area is 117 Å². The summed E-state index contributed by atoms with van der Waals surface area (Å²) in [4.78, 5) is 0. The van der Waals surface area contributed by atoms with Crippen LogP contribution in [0.1, 0.15) is 38.7 Å². The quantitative estimate of drug-likeness (QED) is 0.675. The van der Waals surface area contributed by atoms with E-state index in [0.29, 0.717) is 5.41 Å². The summed E-state index contributed by atoms with van der Waals surface area (Å²) < 4.78 is 0. The van der Waals surface area contributed by atoms with Gasteiger partial charge in [-0.05, 0) is 43.4 Å². The predicted molar refractivity (Wildman–Crippen MR) is 84.6 cm³/mol. The minimum atomic E-state index is 0.310. The van der Waals surface area contributed by atoms with Gasteiger partial charge in [-0.3, -0.25) is 0 Å². The fraction of sp³-hybridized carbons (Fsp3) is 0.625. The molecule has 102 valence electrons. The zero-order chi connectivity index (χ0) is 13.3. The smallest absolute Gasteiger partial charge is 0.00753 e. The molecule has 1 aromatic carbocycles. The van der Waals surface area contributed by atoms with Crippen molar-refractivity contribution in [1.82, 2.24) is 5.32 Å². The number of likely N-dealkylation sites (N-methyl/N-ethyl adjacent to an activating group) is 1. The van der Waals surface area contributed by atoms with Crippen LogP contribution in [0, 0.1) is 0 Å². The SMILES string of the molecule is CCSCCCC(CC)(CNC)c1ccccc1. The Morgan fingerprint density at radius 1 is 1.17 bits per heavy atom. The molecule has 0 spiro atoms. The lowest BCUT2D eigenvalue weighted by atomic mass is 9.74. The first kappa shape index (κ1) is 15.6. The Bertz CT molecular complexity index is 312. The number of benzene rings is 1. The van der Waals surface area contributed by atoms with Gasteiger partial charge >= 0.3 is 0 Å². The second-order valence-corrected chi connectivity index (χ2v) is 6.22. The van der Waals surface area contributed by atoms with Crippen molar-refractivity contribution in [3.8, 4) is 0 Å². The lowest BCUT2D eigenvalue weighted by Crippen LogP contribution is -2.36. The molecule has 0 aliphatic rings. The predicted octanol–water partition coefficient (Wildman–Crippen LogP) is 4.09. The van der Waals surface area contributed by atoms with E-state index in [1.165, 1.54) is 36.3 Å². The van der Waals surface area contributed by atoms with Gasteiger partial charge in [-0.25, -0.2) is 0 Å². The first-order valence-electron chi connectivity index (χ1n) is 7.07. The monoisotopic (exact) mass is 265 g/mol. The number of rotatable bonds is 9. The molecule has 1 atom stereocenters. The molecule has 0 radical (unpaired) electrons. The Hall–Kier alpha value is -0.470. The maximum atomic E-state index is 3.39. The summed E-state index contributed by atoms with van der Waals surface area (Å²) in [6.07, 6.45) is 3.79. The van der Waals surface area contributed by atoms with Gasteiger partial charge in [0.1, 0.15) is 0 Å². The second-order valence-electron chi connectivity index (χ2n) is 4.83. The molecular formula is C16H27NS. The molecule has 1 rings (SSSR count). The van der Waals surface area contributed by atoms with Crippen LogP contribution in [0.3, 0.4) is 0 Å². The third kappa shape index (κ3) is 4.33. The number of thioether (sulfide) groups is 1. The Kier molecular flexibility index (Phi) is 7.45. The minimum Gasteiger partial charge on any atom is -0.319 e. The molecular weight excluding hydrogens is 238 g/mol. The molecule has 18 heavy (non-hydrogen) atoms. The van der Waals surface area contributed by atoms with Crippen molar-refractivity contribution in [1.29, 1.82) is 0 Å². The molecule has 0 fully saturated rings. The topological polar surface area (TPSA) is 12.0 Å². The van der Waals surface area contributed by atoms with E-state index >= 15 is 0 Å².